The van der Waals surface area contributed by atoms with Crippen LogP contribution in [0.3, 0.4) is 0 Å². The van der Waals surface area contributed by atoms with Gasteiger partial charge in [0.2, 0.25) is 0 Å². The Balaban J connectivity index is 2.26. The van der Waals surface area contributed by atoms with Crippen LogP contribution in [0.2, 0.25) is 0 Å². The van der Waals surface area contributed by atoms with E-state index in [1.165, 1.54) is 16.2 Å². The number of halogens is 1. The molecule has 1 aromatic heterocycles. The molecule has 0 radical (unpaired) electrons. The molecule has 0 atom stereocenters. The van der Waals surface area contributed by atoms with Crippen molar-refractivity contribution < 1.29 is 9.59 Å². The molecular weight excluding hydrogens is 278 g/mol. The summed E-state index contributed by atoms with van der Waals surface area (Å²) < 4.78 is 0.837. The average Bonchev–Trinajstić information content (AvgIpc) is 2.67. The maximum Gasteiger partial charge on any atom is 0.271 e. The van der Waals surface area contributed by atoms with E-state index < -0.39 is 0 Å². The highest BCUT2D eigenvalue weighted by atomic mass is 79.9. The summed E-state index contributed by atoms with van der Waals surface area (Å²) in [6.07, 6.45) is 1.85. The number of nitrogens with zero attached hydrogens (tertiary/aromatic N) is 1. The lowest BCUT2D eigenvalue weighted by molar-refractivity contribution is 0.0653. The summed E-state index contributed by atoms with van der Waals surface area (Å²) in [5.41, 5.74) is 0.549. The highest BCUT2D eigenvalue weighted by Gasteiger charge is 2.36. The van der Waals surface area contributed by atoms with E-state index in [-0.39, 0.29) is 11.8 Å². The standard InChI is InChI=1S/C10H10BrNO2S/c1-2-3-4-12-9(13)6-5-7(11)15-8(6)10(12)14/h5H,2-4H2,1H3. The van der Waals surface area contributed by atoms with Gasteiger partial charge in [0.25, 0.3) is 11.8 Å². The van der Waals surface area contributed by atoms with Gasteiger partial charge in [-0.05, 0) is 28.4 Å². The van der Waals surface area contributed by atoms with Gasteiger partial charge in [0.1, 0.15) is 4.88 Å². The molecule has 3 nitrogen and oxygen atoms in total. The van der Waals surface area contributed by atoms with Crippen LogP contribution in [0.15, 0.2) is 9.85 Å². The van der Waals surface area contributed by atoms with Crippen molar-refractivity contribution in [1.29, 1.82) is 0 Å². The molecule has 80 valence electrons. The minimum Gasteiger partial charge on any atom is -0.274 e. The summed E-state index contributed by atoms with van der Waals surface area (Å²) in [5.74, 6) is -0.287. The van der Waals surface area contributed by atoms with Gasteiger partial charge >= 0.3 is 0 Å². The molecule has 0 saturated carbocycles. The first-order chi connectivity index (χ1) is 7.15. The van der Waals surface area contributed by atoms with Gasteiger partial charge in [0.05, 0.1) is 9.35 Å². The van der Waals surface area contributed by atoms with E-state index in [9.17, 15) is 9.59 Å². The van der Waals surface area contributed by atoms with Gasteiger partial charge in [-0.2, -0.15) is 0 Å². The summed E-state index contributed by atoms with van der Waals surface area (Å²) in [6.45, 7) is 2.57. The zero-order valence-corrected chi connectivity index (χ0v) is 10.7. The second kappa shape index (κ2) is 4.06. The molecular formula is C10H10BrNO2S. The Morgan fingerprint density at radius 3 is 2.73 bits per heavy atom. The fraction of sp³-hybridized carbons (Fsp3) is 0.400. The van der Waals surface area contributed by atoms with Crippen LogP contribution in [0.1, 0.15) is 39.8 Å². The summed E-state index contributed by atoms with van der Waals surface area (Å²) in [6, 6.07) is 1.73. The van der Waals surface area contributed by atoms with E-state index in [4.69, 9.17) is 0 Å². The van der Waals surface area contributed by atoms with Crippen molar-refractivity contribution in [2.75, 3.05) is 6.54 Å². The average molecular weight is 288 g/mol. The smallest absolute Gasteiger partial charge is 0.271 e. The summed E-state index contributed by atoms with van der Waals surface area (Å²) in [5, 5.41) is 0. The van der Waals surface area contributed by atoms with Gasteiger partial charge in [-0.1, -0.05) is 13.3 Å². The van der Waals surface area contributed by atoms with Gasteiger partial charge in [-0.3, -0.25) is 14.5 Å². The van der Waals surface area contributed by atoms with E-state index >= 15 is 0 Å². The minimum atomic E-state index is -0.148. The SMILES string of the molecule is CCCCN1C(=O)c2cc(Br)sc2C1=O. The van der Waals surface area contributed by atoms with Crippen molar-refractivity contribution in [1.82, 2.24) is 4.90 Å². The third-order valence-corrected chi connectivity index (χ3v) is 3.98. The van der Waals surface area contributed by atoms with Gasteiger partial charge in [-0.25, -0.2) is 0 Å². The van der Waals surface area contributed by atoms with Crippen LogP contribution >= 0.6 is 27.3 Å². The number of thiophene rings is 1. The van der Waals surface area contributed by atoms with Gasteiger partial charge in [-0.15, -0.1) is 11.3 Å². The van der Waals surface area contributed by atoms with Crippen LogP contribution in [0.25, 0.3) is 0 Å². The van der Waals surface area contributed by atoms with Crippen molar-refractivity contribution in [2.45, 2.75) is 19.8 Å². The van der Waals surface area contributed by atoms with Crippen LogP contribution < -0.4 is 0 Å². The Morgan fingerprint density at radius 1 is 1.40 bits per heavy atom. The topological polar surface area (TPSA) is 37.4 Å². The molecule has 15 heavy (non-hydrogen) atoms. The molecule has 2 rings (SSSR count). The number of carbonyl (C=O) groups is 2. The first kappa shape index (κ1) is 10.8. The third kappa shape index (κ3) is 1.74. The second-order valence-corrected chi connectivity index (χ2v) is 5.84. The highest BCUT2D eigenvalue weighted by Crippen LogP contribution is 2.33. The normalized spacial score (nSPS) is 14.9. The monoisotopic (exact) mass is 287 g/mol. The Bertz CT molecular complexity index is 394. The molecule has 0 fully saturated rings. The summed E-state index contributed by atoms with van der Waals surface area (Å²) in [7, 11) is 0. The van der Waals surface area contributed by atoms with Gasteiger partial charge in [0.15, 0.2) is 0 Å². The molecule has 1 aromatic rings. The highest BCUT2D eigenvalue weighted by molar-refractivity contribution is 9.11. The number of unbranched alkanes of at least 4 members (excludes halogenated alkanes) is 1. The Morgan fingerprint density at radius 2 is 2.13 bits per heavy atom. The van der Waals surface area contributed by atoms with E-state index in [0.29, 0.717) is 17.0 Å². The fourth-order valence-corrected chi connectivity index (χ4v) is 3.10. The molecule has 2 amide bonds. The lowest BCUT2D eigenvalue weighted by Gasteiger charge is -2.12. The minimum absolute atomic E-state index is 0.140. The van der Waals surface area contributed by atoms with Crippen molar-refractivity contribution in [3.63, 3.8) is 0 Å². The lowest BCUT2D eigenvalue weighted by atomic mass is 10.3. The van der Waals surface area contributed by atoms with Gasteiger partial charge < -0.3 is 0 Å². The van der Waals surface area contributed by atoms with Crippen molar-refractivity contribution >= 4 is 39.1 Å². The molecule has 0 spiro atoms. The number of fused-ring (bicyclic) bond motifs is 1. The molecule has 5 heteroatoms. The summed E-state index contributed by atoms with van der Waals surface area (Å²) >= 11 is 4.61. The van der Waals surface area contributed by atoms with Crippen LogP contribution in [0, 0.1) is 0 Å². The molecule has 0 unspecified atom stereocenters. The van der Waals surface area contributed by atoms with Gasteiger partial charge in [0, 0.05) is 6.54 Å². The Kier molecular flexibility index (Phi) is 2.93. The number of hydrogen-bond acceptors (Lipinski definition) is 3. The quantitative estimate of drug-likeness (QED) is 0.802. The van der Waals surface area contributed by atoms with E-state index in [2.05, 4.69) is 15.9 Å². The zero-order chi connectivity index (χ0) is 11.0. The molecule has 0 N–H and O–H groups in total. The molecule has 1 aliphatic heterocycles. The first-order valence-corrected chi connectivity index (χ1v) is 6.41. The van der Waals surface area contributed by atoms with Crippen molar-refractivity contribution in [3.8, 4) is 0 Å². The molecule has 0 saturated heterocycles. The largest absolute Gasteiger partial charge is 0.274 e. The van der Waals surface area contributed by atoms with E-state index in [1.807, 2.05) is 6.92 Å². The number of amides is 2. The van der Waals surface area contributed by atoms with Crippen LogP contribution in [-0.2, 0) is 0 Å². The van der Waals surface area contributed by atoms with Crippen molar-refractivity contribution in [2.24, 2.45) is 0 Å². The number of carbonyl (C=O) groups excluding carboxylic acids is 2. The molecule has 0 bridgehead atoms. The maximum absolute atomic E-state index is 11.8. The summed E-state index contributed by atoms with van der Waals surface area (Å²) in [4.78, 5) is 25.6. The number of hydrogen-bond donors (Lipinski definition) is 0. The molecule has 0 aromatic carbocycles. The van der Waals surface area contributed by atoms with E-state index in [1.54, 1.807) is 6.07 Å². The lowest BCUT2D eigenvalue weighted by Crippen LogP contribution is -2.30. The van der Waals surface area contributed by atoms with Crippen LogP contribution in [-0.4, -0.2) is 23.3 Å². The van der Waals surface area contributed by atoms with Crippen LogP contribution in [0.4, 0.5) is 0 Å². The third-order valence-electron chi connectivity index (χ3n) is 2.35. The number of rotatable bonds is 3. The Labute approximate surface area is 100 Å². The number of imide groups is 1. The molecule has 1 aliphatic rings. The first-order valence-electron chi connectivity index (χ1n) is 4.80. The molecule has 0 aliphatic carbocycles. The predicted molar refractivity (Wildman–Crippen MR) is 62.3 cm³/mol. The predicted octanol–water partition coefficient (Wildman–Crippen LogP) is 2.91. The van der Waals surface area contributed by atoms with Crippen molar-refractivity contribution in [3.05, 3.63) is 20.3 Å². The maximum atomic E-state index is 11.8. The second-order valence-electron chi connectivity index (χ2n) is 3.41. The molecule has 2 heterocycles. The van der Waals surface area contributed by atoms with E-state index in [0.717, 1.165) is 16.6 Å². The zero-order valence-electron chi connectivity index (χ0n) is 8.25. The fourth-order valence-electron chi connectivity index (χ4n) is 1.56. The Hall–Kier alpha value is -0.680. The van der Waals surface area contributed by atoms with Crippen LogP contribution in [0.5, 0.6) is 0 Å².